The number of hydrogen-bond donors (Lipinski definition) is 2. The Balaban J connectivity index is 1.47. The molecule has 0 atom stereocenters. The van der Waals surface area contributed by atoms with Crippen molar-refractivity contribution in [2.24, 2.45) is 0 Å². The summed E-state index contributed by atoms with van der Waals surface area (Å²) in [5.74, 6) is 0.247. The quantitative estimate of drug-likeness (QED) is 0.805. The second-order valence-corrected chi connectivity index (χ2v) is 6.28. The lowest BCUT2D eigenvalue weighted by molar-refractivity contribution is -0.127. The Hall–Kier alpha value is -3.02. The zero-order valence-electron chi connectivity index (χ0n) is 14.8. The van der Waals surface area contributed by atoms with Crippen LogP contribution in [0.4, 0.5) is 5.69 Å². The largest absolute Gasteiger partial charge is 0.497 e. The number of benzene rings is 2. The smallest absolute Gasteiger partial charge is 0.257 e. The predicted molar refractivity (Wildman–Crippen MR) is 100.0 cm³/mol. The lowest BCUT2D eigenvalue weighted by atomic mass is 10.0. The number of carbonyl (C=O) groups is 2. The summed E-state index contributed by atoms with van der Waals surface area (Å²) >= 11 is 0. The number of hydrogen-bond acceptors (Lipinski definition) is 4. The fourth-order valence-electron chi connectivity index (χ4n) is 3.10. The molecule has 26 heavy (non-hydrogen) atoms. The number of ether oxygens (including phenoxy) is 1. The van der Waals surface area contributed by atoms with Gasteiger partial charge in [-0.25, -0.2) is 0 Å². The molecule has 1 heterocycles. The van der Waals surface area contributed by atoms with E-state index < -0.39 is 0 Å². The average Bonchev–Trinajstić information content (AvgIpc) is 2.67. The van der Waals surface area contributed by atoms with Crippen molar-refractivity contribution in [1.82, 2.24) is 10.9 Å². The van der Waals surface area contributed by atoms with E-state index in [9.17, 15) is 9.59 Å². The molecule has 0 saturated carbocycles. The number of rotatable bonds is 5. The van der Waals surface area contributed by atoms with Crippen molar-refractivity contribution in [3.63, 3.8) is 0 Å². The molecule has 0 aliphatic carbocycles. The maximum Gasteiger partial charge on any atom is 0.257 e. The maximum absolute atomic E-state index is 12.2. The maximum atomic E-state index is 12.2. The second-order valence-electron chi connectivity index (χ2n) is 6.28. The number of amides is 2. The number of carbonyl (C=O) groups excluding carboxylic acids is 2. The Morgan fingerprint density at radius 2 is 1.77 bits per heavy atom. The van der Waals surface area contributed by atoms with Gasteiger partial charge in [0.2, 0.25) is 5.91 Å². The summed E-state index contributed by atoms with van der Waals surface area (Å²) in [5.41, 5.74) is 8.18. The summed E-state index contributed by atoms with van der Waals surface area (Å²) in [6, 6.07) is 15.4. The van der Waals surface area contributed by atoms with Crippen LogP contribution in [-0.4, -0.2) is 32.0 Å². The number of hydrazine groups is 1. The van der Waals surface area contributed by atoms with Crippen LogP contribution in [0.5, 0.6) is 5.75 Å². The van der Waals surface area contributed by atoms with Gasteiger partial charge in [0.25, 0.3) is 5.91 Å². The summed E-state index contributed by atoms with van der Waals surface area (Å²) in [5, 5.41) is 0. The molecule has 0 spiro atoms. The van der Waals surface area contributed by atoms with Gasteiger partial charge in [-0.2, -0.15) is 0 Å². The zero-order chi connectivity index (χ0) is 18.4. The molecular weight excluding hydrogens is 330 g/mol. The van der Waals surface area contributed by atoms with E-state index in [0.717, 1.165) is 36.4 Å². The van der Waals surface area contributed by atoms with Crippen molar-refractivity contribution in [3.05, 3.63) is 59.7 Å². The van der Waals surface area contributed by atoms with E-state index in [1.54, 1.807) is 19.2 Å². The number of para-hydroxylation sites is 1. The second kappa shape index (κ2) is 8.38. The first kappa shape index (κ1) is 17.8. The Kier molecular flexibility index (Phi) is 5.73. The number of methoxy groups -OCH3 is 1. The monoisotopic (exact) mass is 353 g/mol. The number of aryl methyl sites for hydroxylation is 1. The lowest BCUT2D eigenvalue weighted by Crippen LogP contribution is -2.47. The van der Waals surface area contributed by atoms with Gasteiger partial charge < -0.3 is 9.64 Å². The van der Waals surface area contributed by atoms with Crippen LogP contribution in [0, 0.1) is 0 Å². The van der Waals surface area contributed by atoms with Crippen LogP contribution in [0.3, 0.4) is 0 Å². The van der Waals surface area contributed by atoms with Gasteiger partial charge in [0, 0.05) is 12.2 Å². The number of nitrogens with zero attached hydrogens (tertiary/aromatic N) is 1. The molecule has 3 rings (SSSR count). The van der Waals surface area contributed by atoms with E-state index in [1.807, 2.05) is 35.2 Å². The molecule has 0 radical (unpaired) electrons. The van der Waals surface area contributed by atoms with Crippen molar-refractivity contribution >= 4 is 17.5 Å². The fraction of sp³-hybridized carbons (Fsp3) is 0.300. The first-order valence-corrected chi connectivity index (χ1v) is 8.69. The first-order chi connectivity index (χ1) is 12.7. The molecule has 0 saturated heterocycles. The highest BCUT2D eigenvalue weighted by atomic mass is 16.5. The molecule has 1 aliphatic heterocycles. The van der Waals surface area contributed by atoms with E-state index in [0.29, 0.717) is 0 Å². The molecule has 2 aromatic rings. The van der Waals surface area contributed by atoms with Crippen LogP contribution in [-0.2, 0) is 22.4 Å². The van der Waals surface area contributed by atoms with Gasteiger partial charge in [0.15, 0.2) is 0 Å². The van der Waals surface area contributed by atoms with E-state index in [4.69, 9.17) is 4.74 Å². The Bertz CT molecular complexity index is 774. The normalized spacial score (nSPS) is 12.9. The van der Waals surface area contributed by atoms with Crippen LogP contribution >= 0.6 is 0 Å². The minimum Gasteiger partial charge on any atom is -0.497 e. The van der Waals surface area contributed by atoms with Crippen molar-refractivity contribution in [2.75, 3.05) is 25.1 Å². The van der Waals surface area contributed by atoms with Gasteiger partial charge in [-0.1, -0.05) is 30.3 Å². The van der Waals surface area contributed by atoms with E-state index >= 15 is 0 Å². The molecule has 1 aliphatic rings. The minimum atomic E-state index is -0.262. The third-order valence-electron chi connectivity index (χ3n) is 4.41. The third-order valence-corrected chi connectivity index (χ3v) is 4.41. The lowest BCUT2D eigenvalue weighted by Gasteiger charge is -2.30. The van der Waals surface area contributed by atoms with Crippen molar-refractivity contribution in [3.8, 4) is 5.75 Å². The highest BCUT2D eigenvalue weighted by Gasteiger charge is 2.18. The van der Waals surface area contributed by atoms with Crippen molar-refractivity contribution in [2.45, 2.75) is 19.3 Å². The van der Waals surface area contributed by atoms with Crippen LogP contribution in [0.2, 0.25) is 0 Å². The zero-order valence-corrected chi connectivity index (χ0v) is 14.8. The Labute approximate surface area is 153 Å². The van der Waals surface area contributed by atoms with Gasteiger partial charge in [-0.3, -0.25) is 20.4 Å². The molecule has 0 bridgehead atoms. The topological polar surface area (TPSA) is 70.7 Å². The SMILES string of the molecule is COc1ccc(CC(=O)NNC(=O)CN2CCCc3ccccc32)cc1. The molecule has 0 fully saturated rings. The van der Waals surface area contributed by atoms with Crippen LogP contribution < -0.4 is 20.5 Å². The molecule has 6 nitrogen and oxygen atoms in total. The minimum absolute atomic E-state index is 0.191. The summed E-state index contributed by atoms with van der Waals surface area (Å²) in [6.45, 7) is 1.06. The fourth-order valence-corrected chi connectivity index (χ4v) is 3.10. The van der Waals surface area contributed by atoms with Gasteiger partial charge >= 0.3 is 0 Å². The van der Waals surface area contributed by atoms with E-state index in [-0.39, 0.29) is 24.8 Å². The van der Waals surface area contributed by atoms with Crippen LogP contribution in [0.15, 0.2) is 48.5 Å². The molecule has 2 N–H and O–H groups in total. The molecule has 6 heteroatoms. The standard InChI is InChI=1S/C20H23N3O3/c1-26-17-10-8-15(9-11-17)13-19(24)21-22-20(25)14-23-12-4-6-16-5-2-3-7-18(16)23/h2-3,5,7-11H,4,6,12-14H2,1H3,(H,21,24)(H,22,25). The van der Waals surface area contributed by atoms with Crippen LogP contribution in [0.1, 0.15) is 17.5 Å². The molecule has 0 unspecified atom stereocenters. The van der Waals surface area contributed by atoms with Gasteiger partial charge in [-0.05, 0) is 42.2 Å². The Morgan fingerprint density at radius 3 is 2.54 bits per heavy atom. The Morgan fingerprint density at radius 1 is 1.04 bits per heavy atom. The van der Waals surface area contributed by atoms with Gasteiger partial charge in [0.1, 0.15) is 5.75 Å². The molecular formula is C20H23N3O3. The van der Waals surface area contributed by atoms with Gasteiger partial charge in [-0.15, -0.1) is 0 Å². The van der Waals surface area contributed by atoms with Crippen molar-refractivity contribution < 1.29 is 14.3 Å². The number of anilines is 1. The number of nitrogens with one attached hydrogen (secondary N) is 2. The average molecular weight is 353 g/mol. The summed E-state index contributed by atoms with van der Waals surface area (Å²) in [4.78, 5) is 26.2. The summed E-state index contributed by atoms with van der Waals surface area (Å²) in [7, 11) is 1.60. The van der Waals surface area contributed by atoms with E-state index in [2.05, 4.69) is 16.9 Å². The molecule has 2 amide bonds. The molecule has 0 aromatic heterocycles. The van der Waals surface area contributed by atoms with E-state index in [1.165, 1.54) is 5.56 Å². The van der Waals surface area contributed by atoms with Crippen LogP contribution in [0.25, 0.3) is 0 Å². The summed E-state index contributed by atoms with van der Waals surface area (Å²) < 4.78 is 5.09. The summed E-state index contributed by atoms with van der Waals surface area (Å²) in [6.07, 6.45) is 2.25. The third kappa shape index (κ3) is 4.53. The molecule has 136 valence electrons. The predicted octanol–water partition coefficient (Wildman–Crippen LogP) is 1.84. The first-order valence-electron chi connectivity index (χ1n) is 8.69. The highest BCUT2D eigenvalue weighted by molar-refractivity contribution is 5.86. The number of fused-ring (bicyclic) bond motifs is 1. The van der Waals surface area contributed by atoms with Gasteiger partial charge in [0.05, 0.1) is 20.1 Å². The highest BCUT2D eigenvalue weighted by Crippen LogP contribution is 2.26. The van der Waals surface area contributed by atoms with Crippen molar-refractivity contribution in [1.29, 1.82) is 0 Å². The molecule has 2 aromatic carbocycles.